The van der Waals surface area contributed by atoms with E-state index in [4.69, 9.17) is 4.74 Å². The number of aromatic amines is 1. The summed E-state index contributed by atoms with van der Waals surface area (Å²) in [5, 5.41) is 12.7. The van der Waals surface area contributed by atoms with Gasteiger partial charge in [-0.1, -0.05) is 0 Å². The van der Waals surface area contributed by atoms with E-state index in [0.717, 1.165) is 23.4 Å². The van der Waals surface area contributed by atoms with Crippen molar-refractivity contribution in [2.24, 2.45) is 0 Å². The molecule has 10 heteroatoms. The second kappa shape index (κ2) is 9.70. The van der Waals surface area contributed by atoms with Crippen molar-refractivity contribution < 1.29 is 17.9 Å². The number of likely N-dealkylation sites (N-methyl/N-ethyl adjacent to an activating group) is 1. The minimum atomic E-state index is -3.96. The Morgan fingerprint density at radius 1 is 1.26 bits per heavy atom. The highest BCUT2D eigenvalue weighted by Gasteiger charge is 2.43. The molecule has 3 aromatic rings. The van der Waals surface area contributed by atoms with Crippen molar-refractivity contribution in [2.45, 2.75) is 31.2 Å². The fourth-order valence-corrected chi connectivity index (χ4v) is 6.01. The molecule has 4 rings (SSSR count). The van der Waals surface area contributed by atoms with Gasteiger partial charge < -0.3 is 19.9 Å². The van der Waals surface area contributed by atoms with Crippen LogP contribution in [0.4, 0.5) is 5.69 Å². The monoisotopic (exact) mass is 495 g/mol. The van der Waals surface area contributed by atoms with Crippen molar-refractivity contribution in [1.82, 2.24) is 14.2 Å². The first kappa shape index (κ1) is 24.7. The number of nitrogens with one attached hydrogen (secondary N) is 2. The van der Waals surface area contributed by atoms with Crippen LogP contribution in [0, 0.1) is 25.2 Å². The molecule has 2 heterocycles. The quantitative estimate of drug-likeness (QED) is 0.496. The van der Waals surface area contributed by atoms with Gasteiger partial charge in [-0.2, -0.15) is 9.57 Å². The SMILES string of the molecule is Cc1cc(S(=O)(=O)N2CC[C@H]2C(=O)Nc2ccc(OCCN(C)C)c(C)c2)c2[nH]c(C#N)cc2c1. The fourth-order valence-electron chi connectivity index (χ4n) is 4.11. The molecule has 0 saturated carbocycles. The van der Waals surface area contributed by atoms with Crippen LogP contribution in [0.1, 0.15) is 23.2 Å². The molecular formula is C25H29N5O4S. The number of amides is 1. The maximum Gasteiger partial charge on any atom is 0.245 e. The molecule has 1 amide bonds. The highest BCUT2D eigenvalue weighted by Crippen LogP contribution is 2.33. The zero-order valence-electron chi connectivity index (χ0n) is 20.3. The standard InChI is InChI=1S/C25H29N5O4S/c1-16-11-18-14-20(15-26)27-24(18)23(12-16)35(32,33)30-8-7-21(30)25(31)28-19-5-6-22(17(2)13-19)34-10-9-29(3)4/h5-6,11-14,21,27H,7-10H2,1-4H3,(H,28,31)/t21-/m0/s1. The number of fused-ring (bicyclic) bond motifs is 1. The summed E-state index contributed by atoms with van der Waals surface area (Å²) in [5.74, 6) is 0.359. The lowest BCUT2D eigenvalue weighted by atomic mass is 10.1. The predicted octanol–water partition coefficient (Wildman–Crippen LogP) is 3.00. The first-order chi connectivity index (χ1) is 16.6. The van der Waals surface area contributed by atoms with Crippen LogP contribution >= 0.6 is 0 Å². The van der Waals surface area contributed by atoms with Gasteiger partial charge in [0.15, 0.2) is 0 Å². The summed E-state index contributed by atoms with van der Waals surface area (Å²) in [6.07, 6.45) is 0.429. The maximum absolute atomic E-state index is 13.5. The zero-order valence-corrected chi connectivity index (χ0v) is 21.1. The van der Waals surface area contributed by atoms with Gasteiger partial charge in [0, 0.05) is 24.2 Å². The second-order valence-corrected chi connectivity index (χ2v) is 10.9. The number of H-pyrrole nitrogens is 1. The molecule has 0 spiro atoms. The number of anilines is 1. The molecule has 1 aliphatic heterocycles. The van der Waals surface area contributed by atoms with Gasteiger partial charge in [-0.15, -0.1) is 0 Å². The number of benzene rings is 2. The Balaban J connectivity index is 1.51. The van der Waals surface area contributed by atoms with E-state index in [-0.39, 0.29) is 23.0 Å². The van der Waals surface area contributed by atoms with Crippen LogP contribution in [0.5, 0.6) is 5.75 Å². The van der Waals surface area contributed by atoms with Crippen molar-refractivity contribution in [3.05, 3.63) is 53.2 Å². The van der Waals surface area contributed by atoms with E-state index in [0.29, 0.717) is 29.6 Å². The third kappa shape index (κ3) is 5.03. The molecule has 9 nitrogen and oxygen atoms in total. The number of nitriles is 1. The lowest BCUT2D eigenvalue weighted by Crippen LogP contribution is -2.56. The first-order valence-corrected chi connectivity index (χ1v) is 12.8. The maximum atomic E-state index is 13.5. The molecule has 184 valence electrons. The minimum Gasteiger partial charge on any atom is -0.492 e. The molecule has 0 unspecified atom stereocenters. The van der Waals surface area contributed by atoms with Crippen molar-refractivity contribution >= 4 is 32.5 Å². The van der Waals surface area contributed by atoms with E-state index < -0.39 is 16.1 Å². The average molecular weight is 496 g/mol. The Kier molecular flexibility index (Phi) is 6.85. The molecule has 0 aliphatic carbocycles. The van der Waals surface area contributed by atoms with Crippen LogP contribution in [0.3, 0.4) is 0 Å². The zero-order chi connectivity index (χ0) is 25.3. The van der Waals surface area contributed by atoms with Crippen molar-refractivity contribution in [3.8, 4) is 11.8 Å². The highest BCUT2D eigenvalue weighted by atomic mass is 32.2. The molecule has 1 atom stereocenters. The van der Waals surface area contributed by atoms with Gasteiger partial charge in [-0.25, -0.2) is 8.42 Å². The van der Waals surface area contributed by atoms with Crippen molar-refractivity contribution in [3.63, 3.8) is 0 Å². The Hall–Kier alpha value is -3.39. The topological polar surface area (TPSA) is 119 Å². The number of sulfonamides is 1. The van der Waals surface area contributed by atoms with Gasteiger partial charge in [0.1, 0.15) is 35.1 Å². The number of nitrogens with zero attached hydrogens (tertiary/aromatic N) is 3. The number of aryl methyl sites for hydroxylation is 2. The third-order valence-electron chi connectivity index (χ3n) is 6.06. The third-order valence-corrected chi connectivity index (χ3v) is 7.99. The van der Waals surface area contributed by atoms with Gasteiger partial charge in [0.2, 0.25) is 15.9 Å². The van der Waals surface area contributed by atoms with E-state index in [2.05, 4.69) is 10.3 Å². The van der Waals surface area contributed by atoms with Crippen molar-refractivity contribution in [1.29, 1.82) is 5.26 Å². The van der Waals surface area contributed by atoms with Gasteiger partial charge in [0.05, 0.1) is 5.52 Å². The molecule has 0 radical (unpaired) electrons. The Labute approximate surface area is 205 Å². The van der Waals surface area contributed by atoms with Crippen LogP contribution in [-0.4, -0.2) is 68.3 Å². The second-order valence-electron chi connectivity index (χ2n) is 9.06. The molecule has 1 fully saturated rings. The van der Waals surface area contributed by atoms with Crippen LogP contribution < -0.4 is 10.1 Å². The molecule has 1 aromatic heterocycles. The van der Waals surface area contributed by atoms with E-state index in [9.17, 15) is 18.5 Å². The van der Waals surface area contributed by atoms with Gasteiger partial charge in [-0.05, 0) is 81.9 Å². The minimum absolute atomic E-state index is 0.0709. The molecule has 35 heavy (non-hydrogen) atoms. The normalized spacial score (nSPS) is 16.2. The predicted molar refractivity (Wildman–Crippen MR) is 134 cm³/mol. The summed E-state index contributed by atoms with van der Waals surface area (Å²) in [7, 11) is -0.00860. The average Bonchev–Trinajstić information content (AvgIpc) is 3.16. The molecular weight excluding hydrogens is 466 g/mol. The summed E-state index contributed by atoms with van der Waals surface area (Å²) in [5.41, 5.74) is 2.87. The highest BCUT2D eigenvalue weighted by molar-refractivity contribution is 7.89. The largest absolute Gasteiger partial charge is 0.492 e. The van der Waals surface area contributed by atoms with E-state index in [1.807, 2.05) is 44.1 Å². The van der Waals surface area contributed by atoms with Crippen molar-refractivity contribution in [2.75, 3.05) is 39.1 Å². The number of hydrogen-bond donors (Lipinski definition) is 2. The number of hydrogen-bond acceptors (Lipinski definition) is 6. The summed E-state index contributed by atoms with van der Waals surface area (Å²) in [6, 6.07) is 11.6. The van der Waals surface area contributed by atoms with Gasteiger partial charge in [-0.3, -0.25) is 4.79 Å². The molecule has 2 N–H and O–H groups in total. The first-order valence-electron chi connectivity index (χ1n) is 11.3. The van der Waals surface area contributed by atoms with E-state index in [1.54, 1.807) is 31.2 Å². The lowest BCUT2D eigenvalue weighted by Gasteiger charge is -2.38. The van der Waals surface area contributed by atoms with Crippen LogP contribution in [0.15, 0.2) is 41.3 Å². The fraction of sp³-hybridized carbons (Fsp3) is 0.360. The smallest absolute Gasteiger partial charge is 0.245 e. The molecule has 1 saturated heterocycles. The number of rotatable bonds is 8. The number of carbonyl (C=O) groups excluding carboxylic acids is 1. The molecule has 1 aliphatic rings. The number of ether oxygens (including phenoxy) is 1. The Bertz CT molecular complexity index is 1420. The van der Waals surface area contributed by atoms with Gasteiger partial charge in [0.25, 0.3) is 0 Å². The summed E-state index contributed by atoms with van der Waals surface area (Å²) in [4.78, 5) is 18.0. The lowest BCUT2D eigenvalue weighted by molar-refractivity contribution is -0.122. The van der Waals surface area contributed by atoms with Crippen LogP contribution in [-0.2, 0) is 14.8 Å². The van der Waals surface area contributed by atoms with E-state index >= 15 is 0 Å². The Morgan fingerprint density at radius 2 is 2.03 bits per heavy atom. The summed E-state index contributed by atoms with van der Waals surface area (Å²) in [6.45, 7) is 5.29. The van der Waals surface area contributed by atoms with Crippen LogP contribution in [0.2, 0.25) is 0 Å². The molecule has 0 bridgehead atoms. The number of carbonyl (C=O) groups is 1. The van der Waals surface area contributed by atoms with E-state index in [1.165, 1.54) is 4.31 Å². The summed E-state index contributed by atoms with van der Waals surface area (Å²) >= 11 is 0. The molecule has 2 aromatic carbocycles. The number of aromatic nitrogens is 1. The van der Waals surface area contributed by atoms with Crippen LogP contribution in [0.25, 0.3) is 10.9 Å². The Morgan fingerprint density at radius 3 is 2.66 bits per heavy atom. The summed E-state index contributed by atoms with van der Waals surface area (Å²) < 4.78 is 34.0. The van der Waals surface area contributed by atoms with Gasteiger partial charge >= 0.3 is 0 Å².